The van der Waals surface area contributed by atoms with Crippen molar-refractivity contribution in [3.05, 3.63) is 0 Å². The summed E-state index contributed by atoms with van der Waals surface area (Å²) in [6.07, 6.45) is -1.75. The van der Waals surface area contributed by atoms with Gasteiger partial charge in [0, 0.05) is 0 Å². The first-order chi connectivity index (χ1) is 5.02. The Labute approximate surface area is 120 Å². The zero-order chi connectivity index (χ0) is 8.85. The van der Waals surface area contributed by atoms with Crippen LogP contribution in [0.25, 0.3) is 0 Å². The molecule has 3 unspecified atom stereocenters. The molecule has 0 heterocycles. The van der Waals surface area contributed by atoms with Crippen molar-refractivity contribution < 1.29 is 92.2 Å². The van der Waals surface area contributed by atoms with Crippen LogP contribution in [0.2, 0.25) is 0 Å². The number of hydrogen-bond acceptors (Lipinski definition) is 7. The molecule has 1 N–H and O–H groups in total. The van der Waals surface area contributed by atoms with Crippen LogP contribution in [-0.2, 0) is 18.2 Å². The van der Waals surface area contributed by atoms with Gasteiger partial charge in [-0.1, -0.05) is 0 Å². The van der Waals surface area contributed by atoms with Crippen LogP contribution in [0.4, 0.5) is 0 Å². The summed E-state index contributed by atoms with van der Waals surface area (Å²) in [5.74, 6) is 0. The molecule has 0 spiro atoms. The molecular formula is C2H6Na2O7P2. The third-order valence-electron chi connectivity index (χ3n) is 0.576. The Kier molecular flexibility index (Phi) is 19.6. The number of aliphatic hydroxyl groups excluding tert-OH is 1. The van der Waals surface area contributed by atoms with Crippen molar-refractivity contribution >= 4 is 16.5 Å². The second kappa shape index (κ2) is 12.3. The van der Waals surface area contributed by atoms with Crippen molar-refractivity contribution in [2.45, 2.75) is 6.29 Å². The first-order valence-corrected chi connectivity index (χ1v) is 4.87. The van der Waals surface area contributed by atoms with Crippen LogP contribution < -0.4 is 68.9 Å². The SMILES string of the molecule is O=[PH]([O-])OCC(O)O[PH](=O)[O-].[Na+].[Na+]. The van der Waals surface area contributed by atoms with Crippen molar-refractivity contribution in [1.29, 1.82) is 0 Å². The third-order valence-corrected chi connectivity index (χ3v) is 1.44. The van der Waals surface area contributed by atoms with E-state index in [9.17, 15) is 18.9 Å². The summed E-state index contributed by atoms with van der Waals surface area (Å²) in [6, 6.07) is 0. The topological polar surface area (TPSA) is 119 Å². The van der Waals surface area contributed by atoms with Crippen LogP contribution in [0.5, 0.6) is 0 Å². The van der Waals surface area contributed by atoms with E-state index in [0.29, 0.717) is 0 Å². The minimum absolute atomic E-state index is 0. The quantitative estimate of drug-likeness (QED) is 0.292. The summed E-state index contributed by atoms with van der Waals surface area (Å²) in [5, 5.41) is 8.49. The average molecular weight is 250 g/mol. The van der Waals surface area contributed by atoms with Gasteiger partial charge in [0.15, 0.2) is 6.29 Å². The molecule has 13 heavy (non-hydrogen) atoms. The predicted octanol–water partition coefficient (Wildman–Crippen LogP) is -8.15. The van der Waals surface area contributed by atoms with Crippen molar-refractivity contribution in [2.24, 2.45) is 0 Å². The van der Waals surface area contributed by atoms with E-state index in [2.05, 4.69) is 9.05 Å². The van der Waals surface area contributed by atoms with E-state index in [1.54, 1.807) is 0 Å². The Morgan fingerprint density at radius 1 is 1.23 bits per heavy atom. The van der Waals surface area contributed by atoms with E-state index in [0.717, 1.165) is 0 Å². The van der Waals surface area contributed by atoms with Crippen molar-refractivity contribution in [3.8, 4) is 0 Å². The van der Waals surface area contributed by atoms with Gasteiger partial charge in [0.05, 0.1) is 0 Å². The molecule has 3 atom stereocenters. The van der Waals surface area contributed by atoms with E-state index >= 15 is 0 Å². The van der Waals surface area contributed by atoms with Gasteiger partial charge in [-0.05, 0) is 0 Å². The summed E-state index contributed by atoms with van der Waals surface area (Å²) >= 11 is 0. The second-order valence-corrected chi connectivity index (χ2v) is 2.91. The number of aliphatic hydroxyl groups is 1. The predicted molar refractivity (Wildman–Crippen MR) is 31.0 cm³/mol. The summed E-state index contributed by atoms with van der Waals surface area (Å²) in [4.78, 5) is 19.5. The molecule has 0 fully saturated rings. The minimum atomic E-state index is -3.50. The molecule has 7 nitrogen and oxygen atoms in total. The molecule has 0 rings (SSSR count). The Morgan fingerprint density at radius 3 is 2.00 bits per heavy atom. The summed E-state index contributed by atoms with van der Waals surface area (Å²) in [6.45, 7) is -0.708. The van der Waals surface area contributed by atoms with Crippen LogP contribution in [-0.4, -0.2) is 18.0 Å². The van der Waals surface area contributed by atoms with Gasteiger partial charge in [-0.2, -0.15) is 0 Å². The Morgan fingerprint density at radius 2 is 1.69 bits per heavy atom. The minimum Gasteiger partial charge on any atom is -0.781 e. The van der Waals surface area contributed by atoms with Crippen LogP contribution in [0, 0.1) is 0 Å². The molecule has 0 aliphatic rings. The van der Waals surface area contributed by atoms with Gasteiger partial charge >= 0.3 is 59.1 Å². The number of rotatable bonds is 5. The molecule has 0 aliphatic carbocycles. The van der Waals surface area contributed by atoms with E-state index in [1.165, 1.54) is 0 Å². The fraction of sp³-hybridized carbons (Fsp3) is 1.00. The summed E-state index contributed by atoms with van der Waals surface area (Å²) in [7, 11) is -6.90. The molecule has 0 aromatic carbocycles. The normalized spacial score (nSPS) is 16.2. The average Bonchev–Trinajstić information content (AvgIpc) is 1.82. The van der Waals surface area contributed by atoms with E-state index in [4.69, 9.17) is 5.11 Å². The molecule has 11 heteroatoms. The molecule has 0 aromatic rings. The van der Waals surface area contributed by atoms with Crippen LogP contribution >= 0.6 is 16.5 Å². The maximum atomic E-state index is 9.74. The van der Waals surface area contributed by atoms with E-state index < -0.39 is 29.4 Å². The molecule has 0 radical (unpaired) electrons. The van der Waals surface area contributed by atoms with Gasteiger partial charge in [-0.25, -0.2) is 0 Å². The van der Waals surface area contributed by atoms with Gasteiger partial charge in [0.25, 0.3) is 0 Å². The molecule has 0 amide bonds. The number of hydrogen-bond donors (Lipinski definition) is 1. The standard InChI is InChI=1S/C2H8O7P2.2Na/c3-2(9-11(6)7)1-8-10(4)5;;/h2-3,10-11H,1H2,(H,4,5)(H,6,7);;/q;2*+1/p-2. The fourth-order valence-electron chi connectivity index (χ4n) is 0.284. The molecule has 0 aromatic heterocycles. The zero-order valence-electron chi connectivity index (χ0n) is 7.18. The summed E-state index contributed by atoms with van der Waals surface area (Å²) < 4.78 is 27.1. The molecule has 0 saturated heterocycles. The molecule has 0 aliphatic heterocycles. The second-order valence-electron chi connectivity index (χ2n) is 1.38. The van der Waals surface area contributed by atoms with Crippen LogP contribution in [0.15, 0.2) is 0 Å². The van der Waals surface area contributed by atoms with Crippen LogP contribution in [0.1, 0.15) is 0 Å². The molecule has 68 valence electrons. The smallest absolute Gasteiger partial charge is 0.781 e. The first kappa shape index (κ1) is 20.6. The molecule has 0 bridgehead atoms. The van der Waals surface area contributed by atoms with Gasteiger partial charge in [-0.3, -0.25) is 0 Å². The Balaban J connectivity index is -0.000000500. The molecular weight excluding hydrogens is 244 g/mol. The maximum Gasteiger partial charge on any atom is 1.00 e. The fourth-order valence-corrected chi connectivity index (χ4v) is 0.853. The molecule has 0 saturated carbocycles. The van der Waals surface area contributed by atoms with Gasteiger partial charge in [0.2, 0.25) is 0 Å². The third kappa shape index (κ3) is 16.9. The zero-order valence-corrected chi connectivity index (χ0v) is 13.2. The Bertz CT molecular complexity index is 165. The first-order valence-electron chi connectivity index (χ1n) is 2.42. The van der Waals surface area contributed by atoms with E-state index in [-0.39, 0.29) is 59.1 Å². The van der Waals surface area contributed by atoms with Gasteiger partial charge < -0.3 is 33.1 Å². The van der Waals surface area contributed by atoms with Gasteiger partial charge in [0.1, 0.15) is 23.1 Å². The summed E-state index contributed by atoms with van der Waals surface area (Å²) in [5.41, 5.74) is 0. The van der Waals surface area contributed by atoms with Gasteiger partial charge in [-0.15, -0.1) is 0 Å². The van der Waals surface area contributed by atoms with Crippen molar-refractivity contribution in [1.82, 2.24) is 0 Å². The maximum absolute atomic E-state index is 9.74. The Hall–Kier alpha value is 2.26. The van der Waals surface area contributed by atoms with E-state index in [1.807, 2.05) is 0 Å². The monoisotopic (exact) mass is 250 g/mol. The van der Waals surface area contributed by atoms with Crippen LogP contribution in [0.3, 0.4) is 0 Å². The largest absolute Gasteiger partial charge is 1.00 e. The van der Waals surface area contributed by atoms with Crippen molar-refractivity contribution in [3.63, 3.8) is 0 Å². The van der Waals surface area contributed by atoms with Crippen molar-refractivity contribution in [2.75, 3.05) is 6.61 Å².